The Morgan fingerprint density at radius 2 is 2.20 bits per heavy atom. The molecular formula is C12H21N3. The molecule has 0 fully saturated rings. The number of rotatable bonds is 6. The van der Waals surface area contributed by atoms with Gasteiger partial charge >= 0.3 is 0 Å². The quantitative estimate of drug-likeness (QED) is 0.701. The van der Waals surface area contributed by atoms with Crippen molar-refractivity contribution in [2.45, 2.75) is 39.2 Å². The van der Waals surface area contributed by atoms with Gasteiger partial charge in [-0.05, 0) is 37.4 Å². The molecule has 15 heavy (non-hydrogen) atoms. The SMILES string of the molecule is CC(C)NCCCCc1cccnc1N. The zero-order chi connectivity index (χ0) is 11.1. The zero-order valence-electron chi connectivity index (χ0n) is 9.66. The third kappa shape index (κ3) is 4.79. The maximum Gasteiger partial charge on any atom is 0.126 e. The van der Waals surface area contributed by atoms with Crippen LogP contribution in [0.1, 0.15) is 32.3 Å². The average molecular weight is 207 g/mol. The minimum atomic E-state index is 0.577. The fourth-order valence-corrected chi connectivity index (χ4v) is 1.49. The largest absolute Gasteiger partial charge is 0.383 e. The second-order valence-corrected chi connectivity index (χ2v) is 4.11. The molecule has 0 unspecified atom stereocenters. The van der Waals surface area contributed by atoms with Crippen molar-refractivity contribution < 1.29 is 0 Å². The van der Waals surface area contributed by atoms with E-state index in [0.29, 0.717) is 11.9 Å². The third-order valence-electron chi connectivity index (χ3n) is 2.35. The molecule has 0 saturated carbocycles. The van der Waals surface area contributed by atoms with E-state index < -0.39 is 0 Å². The van der Waals surface area contributed by atoms with Crippen LogP contribution in [0.5, 0.6) is 0 Å². The van der Waals surface area contributed by atoms with Gasteiger partial charge in [0.05, 0.1) is 0 Å². The number of anilines is 1. The highest BCUT2D eigenvalue weighted by atomic mass is 14.9. The van der Waals surface area contributed by atoms with Gasteiger partial charge in [0.25, 0.3) is 0 Å². The fraction of sp³-hybridized carbons (Fsp3) is 0.583. The van der Waals surface area contributed by atoms with Crippen molar-refractivity contribution in [3.63, 3.8) is 0 Å². The molecule has 0 spiro atoms. The number of nitrogens with zero attached hydrogens (tertiary/aromatic N) is 1. The summed E-state index contributed by atoms with van der Waals surface area (Å²) in [4.78, 5) is 4.07. The van der Waals surface area contributed by atoms with Crippen LogP contribution < -0.4 is 11.1 Å². The highest BCUT2D eigenvalue weighted by Crippen LogP contribution is 2.10. The molecule has 0 aliphatic rings. The van der Waals surface area contributed by atoms with Crippen molar-refractivity contribution in [3.8, 4) is 0 Å². The second-order valence-electron chi connectivity index (χ2n) is 4.11. The molecule has 0 aliphatic carbocycles. The van der Waals surface area contributed by atoms with Gasteiger partial charge in [0.1, 0.15) is 5.82 Å². The standard InChI is InChI=1S/C12H21N3/c1-10(2)14-8-4-3-6-11-7-5-9-15-12(11)13/h5,7,9-10,14H,3-4,6,8H2,1-2H3,(H2,13,15). The van der Waals surface area contributed by atoms with Crippen LogP contribution in [0.4, 0.5) is 5.82 Å². The molecule has 0 aliphatic heterocycles. The van der Waals surface area contributed by atoms with Crippen LogP contribution in [0, 0.1) is 0 Å². The Bertz CT molecular complexity index is 284. The van der Waals surface area contributed by atoms with Crippen molar-refractivity contribution in [2.24, 2.45) is 0 Å². The van der Waals surface area contributed by atoms with Crippen molar-refractivity contribution in [3.05, 3.63) is 23.9 Å². The topological polar surface area (TPSA) is 50.9 Å². The summed E-state index contributed by atoms with van der Waals surface area (Å²) in [6.45, 7) is 5.41. The zero-order valence-corrected chi connectivity index (χ0v) is 9.66. The van der Waals surface area contributed by atoms with Gasteiger partial charge in [0.15, 0.2) is 0 Å². The number of unbranched alkanes of at least 4 members (excludes halogenated alkanes) is 1. The highest BCUT2D eigenvalue weighted by Gasteiger charge is 1.98. The molecule has 3 nitrogen and oxygen atoms in total. The lowest BCUT2D eigenvalue weighted by molar-refractivity contribution is 0.557. The van der Waals surface area contributed by atoms with Crippen molar-refractivity contribution in [2.75, 3.05) is 12.3 Å². The minimum Gasteiger partial charge on any atom is -0.383 e. The maximum atomic E-state index is 5.76. The molecule has 1 heterocycles. The van der Waals surface area contributed by atoms with E-state index >= 15 is 0 Å². The van der Waals surface area contributed by atoms with E-state index in [1.807, 2.05) is 6.07 Å². The lowest BCUT2D eigenvalue weighted by atomic mass is 10.1. The Hall–Kier alpha value is -1.09. The van der Waals surface area contributed by atoms with Gasteiger partial charge in [0, 0.05) is 12.2 Å². The molecule has 0 atom stereocenters. The molecule has 84 valence electrons. The summed E-state index contributed by atoms with van der Waals surface area (Å²) < 4.78 is 0. The van der Waals surface area contributed by atoms with E-state index in [2.05, 4.69) is 30.2 Å². The summed E-state index contributed by atoms with van der Waals surface area (Å²) >= 11 is 0. The van der Waals surface area contributed by atoms with Crippen molar-refractivity contribution >= 4 is 5.82 Å². The summed E-state index contributed by atoms with van der Waals surface area (Å²) in [5, 5.41) is 3.40. The predicted octanol–water partition coefficient (Wildman–Crippen LogP) is 1.98. The smallest absolute Gasteiger partial charge is 0.126 e. The number of nitrogens with one attached hydrogen (secondary N) is 1. The minimum absolute atomic E-state index is 0.577. The van der Waals surface area contributed by atoms with E-state index in [9.17, 15) is 0 Å². The molecule has 0 amide bonds. The van der Waals surface area contributed by atoms with Gasteiger partial charge in [-0.1, -0.05) is 19.9 Å². The number of hydrogen-bond donors (Lipinski definition) is 2. The monoisotopic (exact) mass is 207 g/mol. The molecule has 1 rings (SSSR count). The first kappa shape index (κ1) is 12.0. The number of nitrogen functional groups attached to an aromatic ring is 1. The first-order chi connectivity index (χ1) is 7.20. The molecule has 0 saturated heterocycles. The third-order valence-corrected chi connectivity index (χ3v) is 2.35. The first-order valence-corrected chi connectivity index (χ1v) is 5.63. The molecular weight excluding hydrogens is 186 g/mol. The van der Waals surface area contributed by atoms with Gasteiger partial charge in [-0.15, -0.1) is 0 Å². The summed E-state index contributed by atoms with van der Waals surface area (Å²) in [5.41, 5.74) is 6.93. The Morgan fingerprint density at radius 1 is 1.40 bits per heavy atom. The van der Waals surface area contributed by atoms with Gasteiger partial charge in [-0.2, -0.15) is 0 Å². The number of nitrogens with two attached hydrogens (primary N) is 1. The van der Waals surface area contributed by atoms with E-state index in [0.717, 1.165) is 19.4 Å². The Morgan fingerprint density at radius 3 is 2.87 bits per heavy atom. The molecule has 3 heteroatoms. The molecule has 0 bridgehead atoms. The van der Waals surface area contributed by atoms with Crippen LogP contribution in [-0.4, -0.2) is 17.6 Å². The van der Waals surface area contributed by atoms with E-state index in [1.54, 1.807) is 6.20 Å². The Labute approximate surface area is 92.1 Å². The maximum absolute atomic E-state index is 5.76. The van der Waals surface area contributed by atoms with Crippen molar-refractivity contribution in [1.29, 1.82) is 0 Å². The number of aromatic nitrogens is 1. The molecule has 3 N–H and O–H groups in total. The number of hydrogen-bond acceptors (Lipinski definition) is 3. The van der Waals surface area contributed by atoms with Gasteiger partial charge < -0.3 is 11.1 Å². The highest BCUT2D eigenvalue weighted by molar-refractivity contribution is 5.38. The van der Waals surface area contributed by atoms with Crippen molar-refractivity contribution in [1.82, 2.24) is 10.3 Å². The summed E-state index contributed by atoms with van der Waals surface area (Å²) in [6.07, 6.45) is 5.11. The molecule has 1 aromatic rings. The van der Waals surface area contributed by atoms with Crippen LogP contribution in [-0.2, 0) is 6.42 Å². The van der Waals surface area contributed by atoms with E-state index in [1.165, 1.54) is 12.0 Å². The van der Waals surface area contributed by atoms with E-state index in [4.69, 9.17) is 5.73 Å². The molecule has 0 aromatic carbocycles. The predicted molar refractivity (Wildman–Crippen MR) is 64.7 cm³/mol. The Kier molecular flexibility index (Phi) is 5.12. The van der Waals surface area contributed by atoms with Crippen LogP contribution in [0.25, 0.3) is 0 Å². The van der Waals surface area contributed by atoms with Gasteiger partial charge in [-0.25, -0.2) is 4.98 Å². The summed E-state index contributed by atoms with van der Waals surface area (Å²) in [6, 6.07) is 4.57. The molecule has 0 radical (unpaired) electrons. The number of pyridine rings is 1. The average Bonchev–Trinajstić information content (AvgIpc) is 2.20. The van der Waals surface area contributed by atoms with Crippen LogP contribution in [0.3, 0.4) is 0 Å². The van der Waals surface area contributed by atoms with Crippen LogP contribution in [0.2, 0.25) is 0 Å². The normalized spacial score (nSPS) is 10.9. The number of aryl methyl sites for hydroxylation is 1. The lowest BCUT2D eigenvalue weighted by Crippen LogP contribution is -2.23. The van der Waals surface area contributed by atoms with Gasteiger partial charge in [-0.3, -0.25) is 0 Å². The summed E-state index contributed by atoms with van der Waals surface area (Å²) in [7, 11) is 0. The molecule has 1 aromatic heterocycles. The summed E-state index contributed by atoms with van der Waals surface area (Å²) in [5.74, 6) is 0.675. The van der Waals surface area contributed by atoms with Crippen LogP contribution >= 0.6 is 0 Å². The van der Waals surface area contributed by atoms with Crippen LogP contribution in [0.15, 0.2) is 18.3 Å². The Balaban J connectivity index is 2.18. The van der Waals surface area contributed by atoms with Gasteiger partial charge in [0.2, 0.25) is 0 Å². The fourth-order valence-electron chi connectivity index (χ4n) is 1.49. The second kappa shape index (κ2) is 6.40. The first-order valence-electron chi connectivity index (χ1n) is 5.63. The van der Waals surface area contributed by atoms with E-state index in [-0.39, 0.29) is 0 Å². The lowest BCUT2D eigenvalue weighted by Gasteiger charge is -2.08.